The summed E-state index contributed by atoms with van der Waals surface area (Å²) in [6.07, 6.45) is -5.21. The molecule has 0 amide bonds. The smallest absolute Gasteiger partial charge is 0.322 e. The maximum absolute atomic E-state index is 13.3. The number of aromatic amines is 1. The van der Waals surface area contributed by atoms with Crippen LogP contribution in [0.25, 0.3) is 11.0 Å². The van der Waals surface area contributed by atoms with Gasteiger partial charge in [0, 0.05) is 49.7 Å². The number of hydrogen-bond acceptors (Lipinski definition) is 5. The quantitative estimate of drug-likeness (QED) is 0.612. The molecule has 1 unspecified atom stereocenters. The monoisotopic (exact) mass is 375 g/mol. The number of H-pyrrole nitrogens is 1. The van der Waals surface area contributed by atoms with Crippen molar-refractivity contribution in [1.82, 2.24) is 15.0 Å². The number of ether oxygens (including phenoxy) is 2. The summed E-state index contributed by atoms with van der Waals surface area (Å²) in [5.74, 6) is -1.44. The second kappa shape index (κ2) is 8.33. The highest BCUT2D eigenvalue weighted by atomic mass is 32.2. The minimum atomic E-state index is -4.02. The van der Waals surface area contributed by atoms with Crippen molar-refractivity contribution >= 4 is 22.2 Å². The first-order valence-corrected chi connectivity index (χ1v) is 7.76. The Balaban J connectivity index is 2.21. The van der Waals surface area contributed by atoms with E-state index in [1.54, 1.807) is 12.1 Å². The van der Waals surface area contributed by atoms with Gasteiger partial charge in [-0.1, -0.05) is 12.1 Å². The van der Waals surface area contributed by atoms with E-state index in [1.807, 2.05) is 0 Å². The average Bonchev–Trinajstić information content (AvgIpc) is 3.22. The fraction of sp³-hybridized carbons (Fsp3) is 0.333. The molecule has 6 nitrogen and oxygen atoms in total. The maximum Gasteiger partial charge on any atom is 0.322 e. The van der Waals surface area contributed by atoms with E-state index in [0.717, 1.165) is 0 Å². The number of nitrogens with zero attached hydrogens (tertiary/aromatic N) is 2. The normalized spacial score (nSPS) is 25.2. The number of para-hydroxylation sites is 2. The Hall–Kier alpha value is -2.09. The molecule has 0 radical (unpaired) electrons. The number of benzene rings is 1. The van der Waals surface area contributed by atoms with Gasteiger partial charge < -0.3 is 14.0 Å². The molecule has 2 heterocycles. The van der Waals surface area contributed by atoms with Gasteiger partial charge in [0.05, 0.1) is 38.4 Å². The Labute approximate surface area is 172 Å². The van der Waals surface area contributed by atoms with Crippen LogP contribution in [0.2, 0.25) is 0 Å². The van der Waals surface area contributed by atoms with E-state index < -0.39 is 84.6 Å². The van der Waals surface area contributed by atoms with Gasteiger partial charge in [-0.2, -0.15) is 4.98 Å². The summed E-state index contributed by atoms with van der Waals surface area (Å²) >= 11 is -2.87. The van der Waals surface area contributed by atoms with Gasteiger partial charge >= 0.3 is 5.16 Å². The summed E-state index contributed by atoms with van der Waals surface area (Å²) in [4.78, 5) is 10.1. The van der Waals surface area contributed by atoms with Gasteiger partial charge in [-0.05, 0) is 25.0 Å². The van der Waals surface area contributed by atoms with E-state index in [-0.39, 0.29) is 5.52 Å². The number of hydrogen-bond donors (Lipinski definition) is 1. The molecular formula is C18H21N3O3S. The van der Waals surface area contributed by atoms with Crippen molar-refractivity contribution in [1.29, 1.82) is 0 Å². The van der Waals surface area contributed by atoms with Crippen molar-refractivity contribution in [3.63, 3.8) is 0 Å². The lowest BCUT2D eigenvalue weighted by Gasteiger charge is -2.12. The van der Waals surface area contributed by atoms with Crippen LogP contribution in [0, 0.1) is 6.85 Å². The second-order valence-electron chi connectivity index (χ2n) is 4.36. The maximum atomic E-state index is 13.3. The molecule has 3 aromatic rings. The molecule has 0 bridgehead atoms. The zero-order valence-corrected chi connectivity index (χ0v) is 13.2. The topological polar surface area (TPSA) is 83.1 Å². The summed E-state index contributed by atoms with van der Waals surface area (Å²) in [6.45, 7) is -11.4. The third-order valence-electron chi connectivity index (χ3n) is 2.84. The lowest BCUT2D eigenvalue weighted by atomic mass is 10.2. The van der Waals surface area contributed by atoms with E-state index in [4.69, 9.17) is 26.7 Å². The van der Waals surface area contributed by atoms with Crippen molar-refractivity contribution < 1.29 is 36.0 Å². The molecule has 7 heteroatoms. The van der Waals surface area contributed by atoms with E-state index in [9.17, 15) is 4.55 Å². The number of rotatable bonds is 8. The van der Waals surface area contributed by atoms with Gasteiger partial charge in [0.2, 0.25) is 0 Å². The van der Waals surface area contributed by atoms with Gasteiger partial charge in [-0.25, -0.2) is 0 Å². The molecular weight excluding hydrogens is 338 g/mol. The van der Waals surface area contributed by atoms with Gasteiger partial charge in [-0.15, -0.1) is 0 Å². The van der Waals surface area contributed by atoms with E-state index in [1.165, 1.54) is 12.1 Å². The molecule has 25 heavy (non-hydrogen) atoms. The molecule has 1 N–H and O–H groups in total. The summed E-state index contributed by atoms with van der Waals surface area (Å²) in [5.41, 5.74) is -5.25. The van der Waals surface area contributed by atoms with Crippen LogP contribution in [-0.4, -0.2) is 39.7 Å². The Kier molecular flexibility index (Phi) is 2.19. The van der Waals surface area contributed by atoms with Crippen molar-refractivity contribution in [2.24, 2.45) is 0 Å². The fourth-order valence-electron chi connectivity index (χ4n) is 1.79. The third-order valence-corrected chi connectivity index (χ3v) is 3.76. The van der Waals surface area contributed by atoms with Crippen LogP contribution < -0.4 is 4.74 Å². The number of methoxy groups -OCH3 is 1. The molecule has 3 rings (SSSR count). The van der Waals surface area contributed by atoms with Crippen molar-refractivity contribution in [3.05, 3.63) is 47.7 Å². The summed E-state index contributed by atoms with van der Waals surface area (Å²) in [7, 11) is -3.55. The van der Waals surface area contributed by atoms with Crippen LogP contribution in [0.5, 0.6) is 5.75 Å². The van der Waals surface area contributed by atoms with E-state index in [0.29, 0.717) is 5.52 Å². The second-order valence-corrected chi connectivity index (χ2v) is 5.49. The van der Waals surface area contributed by atoms with Crippen LogP contribution in [0.3, 0.4) is 0 Å². The lowest BCUT2D eigenvalue weighted by molar-refractivity contribution is 0.172. The van der Waals surface area contributed by atoms with Crippen molar-refractivity contribution in [2.45, 2.75) is 24.1 Å². The highest BCUT2D eigenvalue weighted by Gasteiger charge is 2.20. The molecule has 1 aromatic carbocycles. The Morgan fingerprint density at radius 2 is 2.32 bits per heavy atom. The molecule has 0 saturated heterocycles. The SMILES string of the molecule is [2H]c1nc(C([2H])([2H])[S+]([O-])c2nc3ccccc3[nH]2)c(C([2H])([2H])[2H])c(OC([2H])([2H])C([2H])([2H])C([2H])([2H])OC([2H])([2H])[2H])c1[2H]. The first-order chi connectivity index (χ1) is 18.3. The molecule has 0 aliphatic rings. The number of imidazole rings is 1. The van der Waals surface area contributed by atoms with Gasteiger partial charge in [0.15, 0.2) is 5.70 Å². The van der Waals surface area contributed by atoms with Gasteiger partial charge in [0.25, 0.3) is 0 Å². The highest BCUT2D eigenvalue weighted by molar-refractivity contribution is 7.90. The zero-order valence-electron chi connectivity index (χ0n) is 28.3. The highest BCUT2D eigenvalue weighted by Crippen LogP contribution is 2.24. The summed E-state index contributed by atoms with van der Waals surface area (Å²) < 4.78 is 148. The fourth-order valence-corrected chi connectivity index (χ4v) is 2.59. The molecule has 0 fully saturated rings. The Morgan fingerprint density at radius 3 is 3.16 bits per heavy atom. The Bertz CT molecular complexity index is 1410. The van der Waals surface area contributed by atoms with Crippen LogP contribution in [-0.2, 0) is 21.6 Å². The van der Waals surface area contributed by atoms with Gasteiger partial charge in [-0.3, -0.25) is 9.97 Å². The number of pyridine rings is 1. The molecule has 0 spiro atoms. The largest absolute Gasteiger partial charge is 0.609 e. The van der Waals surface area contributed by atoms with Crippen molar-refractivity contribution in [3.8, 4) is 5.75 Å². The number of fused-ring (bicyclic) bond motifs is 1. The summed E-state index contributed by atoms with van der Waals surface area (Å²) in [6, 6.07) is 5.00. The molecule has 1 atom stereocenters. The van der Waals surface area contributed by atoms with E-state index in [2.05, 4.69) is 19.7 Å². The predicted molar refractivity (Wildman–Crippen MR) is 97.2 cm³/mol. The molecule has 0 aliphatic carbocycles. The average molecular weight is 376 g/mol. The third kappa shape index (κ3) is 4.31. The molecule has 2 aromatic heterocycles. The van der Waals surface area contributed by atoms with Crippen LogP contribution >= 0.6 is 0 Å². The minimum absolute atomic E-state index is 0.284. The lowest BCUT2D eigenvalue weighted by Crippen LogP contribution is -2.10. The predicted octanol–water partition coefficient (Wildman–Crippen LogP) is 2.99. The first kappa shape index (κ1) is 6.57. The van der Waals surface area contributed by atoms with Crippen LogP contribution in [0.15, 0.2) is 41.6 Å². The minimum Gasteiger partial charge on any atom is -0.609 e. The molecule has 132 valence electrons. The Morgan fingerprint density at radius 1 is 1.40 bits per heavy atom. The zero-order chi connectivity index (χ0) is 31.6. The summed E-state index contributed by atoms with van der Waals surface area (Å²) in [5, 5.41) is -0.458. The standard InChI is InChI=1S/C18H21N3O3S/c1-13-16(19-9-8-17(13)24-11-5-10-23-2)12-25(22)18-20-14-6-3-4-7-15(14)21-18/h3-4,6-9H,5,10-12H2,1-2H3,(H,20,21)/i1D3,2D3,5D2,8D,9D,10D2,11D2,12D2. The molecule has 0 aliphatic heterocycles. The van der Waals surface area contributed by atoms with Gasteiger partial charge in [0.1, 0.15) is 5.75 Å². The van der Waals surface area contributed by atoms with Crippen LogP contribution in [0.4, 0.5) is 0 Å². The van der Waals surface area contributed by atoms with Crippen LogP contribution in [0.1, 0.15) is 39.6 Å². The van der Waals surface area contributed by atoms with E-state index >= 15 is 0 Å². The first-order valence-electron chi connectivity index (χ1n) is 14.6. The van der Waals surface area contributed by atoms with Crippen molar-refractivity contribution in [2.75, 3.05) is 20.2 Å². The number of aromatic nitrogens is 3. The number of nitrogens with one attached hydrogen (secondary N) is 1. The molecule has 0 saturated carbocycles.